The quantitative estimate of drug-likeness (QED) is 0.668. The van der Waals surface area contributed by atoms with Gasteiger partial charge in [-0.3, -0.25) is 9.59 Å². The minimum absolute atomic E-state index is 0.0408. The van der Waals surface area contributed by atoms with Gasteiger partial charge in [0.15, 0.2) is 0 Å². The highest BCUT2D eigenvalue weighted by Crippen LogP contribution is 2.25. The van der Waals surface area contributed by atoms with E-state index in [1.807, 2.05) is 31.2 Å². The first kappa shape index (κ1) is 20.3. The predicted molar refractivity (Wildman–Crippen MR) is 109 cm³/mol. The molecule has 3 aromatic rings. The van der Waals surface area contributed by atoms with Crippen molar-refractivity contribution >= 4 is 11.8 Å². The van der Waals surface area contributed by atoms with Crippen molar-refractivity contribution in [3.63, 3.8) is 0 Å². The van der Waals surface area contributed by atoms with E-state index >= 15 is 0 Å². The van der Waals surface area contributed by atoms with Gasteiger partial charge in [0.05, 0.1) is 17.8 Å². The first-order valence-corrected chi connectivity index (χ1v) is 9.14. The Morgan fingerprint density at radius 2 is 1.62 bits per heavy atom. The summed E-state index contributed by atoms with van der Waals surface area (Å²) in [5, 5.41) is 4.58. The number of likely N-dealkylation sites (N-methyl/N-ethyl adjacent to an activating group) is 2. The van der Waals surface area contributed by atoms with E-state index in [1.165, 1.54) is 21.9 Å². The molecular formula is C22H23FN4O2. The van der Waals surface area contributed by atoms with Gasteiger partial charge in [0, 0.05) is 32.9 Å². The summed E-state index contributed by atoms with van der Waals surface area (Å²) in [7, 11) is 4.87. The number of hydrogen-bond acceptors (Lipinski definition) is 3. The van der Waals surface area contributed by atoms with Crippen molar-refractivity contribution in [2.75, 3.05) is 27.7 Å². The summed E-state index contributed by atoms with van der Waals surface area (Å²) in [6.45, 7) is 1.94. The van der Waals surface area contributed by atoms with Crippen LogP contribution in [-0.4, -0.2) is 59.1 Å². The third-order valence-corrected chi connectivity index (χ3v) is 4.58. The van der Waals surface area contributed by atoms with Crippen molar-refractivity contribution in [1.29, 1.82) is 0 Å². The molecule has 2 amide bonds. The molecule has 0 aliphatic rings. The summed E-state index contributed by atoms with van der Waals surface area (Å²) in [6.07, 6.45) is 1.61. The molecule has 0 aliphatic heterocycles. The number of halogens is 1. The lowest BCUT2D eigenvalue weighted by molar-refractivity contribution is -0.129. The van der Waals surface area contributed by atoms with E-state index in [2.05, 4.69) is 5.10 Å². The topological polar surface area (TPSA) is 58.4 Å². The third kappa shape index (κ3) is 4.51. The Balaban J connectivity index is 2.03. The van der Waals surface area contributed by atoms with Gasteiger partial charge in [-0.1, -0.05) is 29.8 Å². The molecule has 1 aromatic heterocycles. The highest BCUT2D eigenvalue weighted by Gasteiger charge is 2.23. The summed E-state index contributed by atoms with van der Waals surface area (Å²) in [5.41, 5.74) is 3.38. The van der Waals surface area contributed by atoms with Crippen LogP contribution in [0.1, 0.15) is 15.9 Å². The Kier molecular flexibility index (Phi) is 5.77. The zero-order valence-electron chi connectivity index (χ0n) is 16.9. The number of carbonyl (C=O) groups is 2. The molecule has 3 rings (SSSR count). The Labute approximate surface area is 169 Å². The SMILES string of the molecule is Cc1ccc(-c2nn(-c3ccc(F)cc3)cc2C(=O)N(C)CC(=O)N(C)C)cc1. The molecule has 0 radical (unpaired) electrons. The molecule has 2 aromatic carbocycles. The molecule has 1 heterocycles. The molecule has 0 saturated carbocycles. The molecule has 150 valence electrons. The van der Waals surface area contributed by atoms with E-state index < -0.39 is 0 Å². The molecule has 0 saturated heterocycles. The first-order chi connectivity index (χ1) is 13.8. The molecule has 7 heteroatoms. The maximum absolute atomic E-state index is 13.3. The second-order valence-electron chi connectivity index (χ2n) is 7.13. The number of amides is 2. The molecular weight excluding hydrogens is 371 g/mol. The Morgan fingerprint density at radius 1 is 1.00 bits per heavy atom. The van der Waals surface area contributed by atoms with Crippen molar-refractivity contribution < 1.29 is 14.0 Å². The zero-order valence-corrected chi connectivity index (χ0v) is 16.9. The number of rotatable bonds is 5. The van der Waals surface area contributed by atoms with Crippen molar-refractivity contribution in [2.45, 2.75) is 6.92 Å². The van der Waals surface area contributed by atoms with Crippen LogP contribution in [0.2, 0.25) is 0 Å². The van der Waals surface area contributed by atoms with Gasteiger partial charge in [0.2, 0.25) is 5.91 Å². The Morgan fingerprint density at radius 3 is 2.21 bits per heavy atom. The average molecular weight is 394 g/mol. The van der Waals surface area contributed by atoms with Crippen LogP contribution in [0.4, 0.5) is 4.39 Å². The second-order valence-corrected chi connectivity index (χ2v) is 7.13. The second kappa shape index (κ2) is 8.26. The van der Waals surface area contributed by atoms with Gasteiger partial charge in [-0.25, -0.2) is 9.07 Å². The van der Waals surface area contributed by atoms with Crippen LogP contribution in [0.5, 0.6) is 0 Å². The van der Waals surface area contributed by atoms with Gasteiger partial charge in [-0.15, -0.1) is 0 Å². The molecule has 6 nitrogen and oxygen atoms in total. The van der Waals surface area contributed by atoms with E-state index in [0.717, 1.165) is 11.1 Å². The fourth-order valence-corrected chi connectivity index (χ4v) is 2.80. The lowest BCUT2D eigenvalue weighted by atomic mass is 10.1. The number of carbonyl (C=O) groups excluding carboxylic acids is 2. The normalized spacial score (nSPS) is 10.7. The number of hydrogen-bond donors (Lipinski definition) is 0. The molecule has 0 spiro atoms. The van der Waals surface area contributed by atoms with Crippen molar-refractivity contribution in [3.8, 4) is 16.9 Å². The predicted octanol–water partition coefficient (Wildman–Crippen LogP) is 3.15. The minimum atomic E-state index is -0.349. The number of benzene rings is 2. The van der Waals surface area contributed by atoms with Crippen LogP contribution in [0.3, 0.4) is 0 Å². The van der Waals surface area contributed by atoms with E-state index in [0.29, 0.717) is 16.9 Å². The number of nitrogens with zero attached hydrogens (tertiary/aromatic N) is 4. The summed E-state index contributed by atoms with van der Waals surface area (Å²) in [5.74, 6) is -0.842. The van der Waals surface area contributed by atoms with E-state index in [1.54, 1.807) is 44.2 Å². The van der Waals surface area contributed by atoms with Crippen molar-refractivity contribution in [2.24, 2.45) is 0 Å². The first-order valence-electron chi connectivity index (χ1n) is 9.14. The minimum Gasteiger partial charge on any atom is -0.347 e. The highest BCUT2D eigenvalue weighted by atomic mass is 19.1. The van der Waals surface area contributed by atoms with Gasteiger partial charge in [0.25, 0.3) is 5.91 Å². The monoisotopic (exact) mass is 394 g/mol. The van der Waals surface area contributed by atoms with Crippen LogP contribution in [0.25, 0.3) is 16.9 Å². The summed E-state index contributed by atoms with van der Waals surface area (Å²) >= 11 is 0. The molecule has 0 unspecified atom stereocenters. The summed E-state index contributed by atoms with van der Waals surface area (Å²) in [6, 6.07) is 13.5. The summed E-state index contributed by atoms with van der Waals surface area (Å²) < 4.78 is 14.8. The van der Waals surface area contributed by atoms with E-state index in [9.17, 15) is 14.0 Å². The maximum Gasteiger partial charge on any atom is 0.257 e. The van der Waals surface area contributed by atoms with Crippen LogP contribution >= 0.6 is 0 Å². The Bertz CT molecular complexity index is 1020. The largest absolute Gasteiger partial charge is 0.347 e. The van der Waals surface area contributed by atoms with Gasteiger partial charge in [-0.2, -0.15) is 5.10 Å². The van der Waals surface area contributed by atoms with Crippen LogP contribution in [0, 0.1) is 12.7 Å². The lowest BCUT2D eigenvalue weighted by Gasteiger charge is -2.19. The van der Waals surface area contributed by atoms with Gasteiger partial charge < -0.3 is 9.80 Å². The maximum atomic E-state index is 13.3. The zero-order chi connectivity index (χ0) is 21.1. The summed E-state index contributed by atoms with van der Waals surface area (Å²) in [4.78, 5) is 27.9. The van der Waals surface area contributed by atoms with Crippen LogP contribution < -0.4 is 0 Å². The molecule has 0 bridgehead atoms. The van der Waals surface area contributed by atoms with Gasteiger partial charge in [0.1, 0.15) is 11.5 Å². The van der Waals surface area contributed by atoms with Crippen LogP contribution in [-0.2, 0) is 4.79 Å². The average Bonchev–Trinajstić information content (AvgIpc) is 3.13. The highest BCUT2D eigenvalue weighted by molar-refractivity contribution is 6.01. The molecule has 0 N–H and O–H groups in total. The van der Waals surface area contributed by atoms with E-state index in [-0.39, 0.29) is 24.2 Å². The fraction of sp³-hybridized carbons (Fsp3) is 0.227. The van der Waals surface area contributed by atoms with E-state index in [4.69, 9.17) is 0 Å². The smallest absolute Gasteiger partial charge is 0.257 e. The lowest BCUT2D eigenvalue weighted by Crippen LogP contribution is -2.37. The fourth-order valence-electron chi connectivity index (χ4n) is 2.80. The molecule has 0 aliphatic carbocycles. The number of aryl methyl sites for hydroxylation is 1. The van der Waals surface area contributed by atoms with Crippen molar-refractivity contribution in [3.05, 3.63) is 71.7 Å². The molecule has 29 heavy (non-hydrogen) atoms. The Hall–Kier alpha value is -3.48. The standard InChI is InChI=1S/C22H23FN4O2/c1-15-5-7-16(8-6-15)21-19(22(29)26(4)14-20(28)25(2)3)13-27(24-21)18-11-9-17(23)10-12-18/h5-13H,14H2,1-4H3. The van der Waals surface area contributed by atoms with Gasteiger partial charge >= 0.3 is 0 Å². The third-order valence-electron chi connectivity index (χ3n) is 4.58. The van der Waals surface area contributed by atoms with Crippen molar-refractivity contribution in [1.82, 2.24) is 19.6 Å². The van der Waals surface area contributed by atoms with Gasteiger partial charge in [-0.05, 0) is 31.2 Å². The van der Waals surface area contributed by atoms with Crippen LogP contribution in [0.15, 0.2) is 54.7 Å². The molecule has 0 atom stereocenters. The molecule has 0 fully saturated rings. The number of aromatic nitrogens is 2.